The third-order valence-electron chi connectivity index (χ3n) is 3.01. The van der Waals surface area contributed by atoms with E-state index in [0.717, 1.165) is 28.9 Å². The Morgan fingerprint density at radius 1 is 1.40 bits per heavy atom. The van der Waals surface area contributed by atoms with Crippen molar-refractivity contribution in [2.45, 2.75) is 24.9 Å². The van der Waals surface area contributed by atoms with Gasteiger partial charge in [0.15, 0.2) is 0 Å². The minimum atomic E-state index is -0.153. The Bertz CT molecular complexity index is 504. The topological polar surface area (TPSA) is 33.1 Å². The van der Waals surface area contributed by atoms with E-state index >= 15 is 0 Å². The molecule has 1 aromatic heterocycles. The van der Waals surface area contributed by atoms with Crippen LogP contribution in [0.15, 0.2) is 17.6 Å². The van der Waals surface area contributed by atoms with Gasteiger partial charge in [-0.1, -0.05) is 11.6 Å². The van der Waals surface area contributed by atoms with E-state index in [1.54, 1.807) is 11.3 Å². The Balaban J connectivity index is 2.14. The fourth-order valence-electron chi connectivity index (χ4n) is 2.14. The monoisotopic (exact) mass is 239 g/mol. The lowest BCUT2D eigenvalue weighted by Crippen LogP contribution is -2.26. The van der Waals surface area contributed by atoms with Crippen molar-refractivity contribution in [3.05, 3.63) is 28.2 Å². The summed E-state index contributed by atoms with van der Waals surface area (Å²) < 4.78 is 1.18. The predicted octanol–water partition coefficient (Wildman–Crippen LogP) is 3.19. The number of fused-ring (bicyclic) bond motifs is 1. The molecule has 1 aromatic carbocycles. The molecule has 2 nitrogen and oxygen atoms in total. The summed E-state index contributed by atoms with van der Waals surface area (Å²) in [6.45, 7) is 0. The van der Waals surface area contributed by atoms with Crippen LogP contribution >= 0.6 is 22.9 Å². The fourth-order valence-corrected chi connectivity index (χ4v) is 3.14. The lowest BCUT2D eigenvalue weighted by atomic mass is 9.77. The molecule has 0 radical (unpaired) electrons. The van der Waals surface area contributed by atoms with E-state index in [-0.39, 0.29) is 6.10 Å². The average Bonchev–Trinajstić information content (AvgIpc) is 2.61. The molecule has 4 heteroatoms. The second-order valence-electron chi connectivity index (χ2n) is 3.98. The average molecular weight is 240 g/mol. The van der Waals surface area contributed by atoms with Crippen molar-refractivity contribution in [2.75, 3.05) is 0 Å². The smallest absolute Gasteiger partial charge is 0.0861 e. The minimum absolute atomic E-state index is 0.153. The van der Waals surface area contributed by atoms with Gasteiger partial charge in [-0.3, -0.25) is 0 Å². The number of aliphatic hydroxyl groups excluding tert-OH is 1. The fraction of sp³-hybridized carbons (Fsp3) is 0.364. The summed E-state index contributed by atoms with van der Waals surface area (Å²) in [6, 6.07) is 3.94. The summed E-state index contributed by atoms with van der Waals surface area (Å²) in [5.41, 5.74) is 3.99. The highest BCUT2D eigenvalue weighted by Crippen LogP contribution is 2.43. The van der Waals surface area contributed by atoms with E-state index in [9.17, 15) is 5.11 Å². The normalized spacial score (nSPS) is 25.5. The minimum Gasteiger partial charge on any atom is -0.393 e. The molecule has 1 saturated carbocycles. The van der Waals surface area contributed by atoms with Crippen LogP contribution in [0.3, 0.4) is 0 Å². The van der Waals surface area contributed by atoms with Gasteiger partial charge in [-0.2, -0.15) is 0 Å². The molecule has 0 atom stereocenters. The summed E-state index contributed by atoms with van der Waals surface area (Å²) >= 11 is 7.83. The van der Waals surface area contributed by atoms with Crippen molar-refractivity contribution in [3.8, 4) is 0 Å². The molecule has 0 saturated heterocycles. The second-order valence-corrected chi connectivity index (χ2v) is 5.28. The quantitative estimate of drug-likeness (QED) is 0.829. The number of thiazole rings is 1. The second kappa shape index (κ2) is 3.44. The van der Waals surface area contributed by atoms with Gasteiger partial charge in [0.2, 0.25) is 0 Å². The number of aromatic nitrogens is 1. The lowest BCUT2D eigenvalue weighted by molar-refractivity contribution is 0.0751. The molecule has 1 N–H and O–H groups in total. The van der Waals surface area contributed by atoms with Crippen LogP contribution in [0.2, 0.25) is 5.02 Å². The molecule has 1 aliphatic rings. The van der Waals surface area contributed by atoms with E-state index < -0.39 is 0 Å². The molecule has 0 unspecified atom stereocenters. The predicted molar refractivity (Wildman–Crippen MR) is 62.6 cm³/mol. The molecular weight excluding hydrogens is 230 g/mol. The summed E-state index contributed by atoms with van der Waals surface area (Å²) in [7, 11) is 0. The van der Waals surface area contributed by atoms with Crippen molar-refractivity contribution in [1.82, 2.24) is 4.98 Å². The van der Waals surface area contributed by atoms with Crippen LogP contribution < -0.4 is 0 Å². The van der Waals surface area contributed by atoms with Gasteiger partial charge in [0.25, 0.3) is 0 Å². The third kappa shape index (κ3) is 1.46. The Morgan fingerprint density at radius 3 is 2.93 bits per heavy atom. The van der Waals surface area contributed by atoms with Gasteiger partial charge in [-0.15, -0.1) is 11.3 Å². The van der Waals surface area contributed by atoms with Crippen LogP contribution in [-0.4, -0.2) is 16.2 Å². The maximum atomic E-state index is 9.33. The molecule has 1 fully saturated rings. The van der Waals surface area contributed by atoms with Crippen molar-refractivity contribution in [3.63, 3.8) is 0 Å². The van der Waals surface area contributed by atoms with Crippen molar-refractivity contribution in [2.24, 2.45) is 0 Å². The third-order valence-corrected chi connectivity index (χ3v) is 4.13. The first kappa shape index (κ1) is 9.58. The zero-order chi connectivity index (χ0) is 10.4. The number of hydrogen-bond acceptors (Lipinski definition) is 3. The Morgan fingerprint density at radius 2 is 2.20 bits per heavy atom. The lowest BCUT2D eigenvalue weighted by Gasteiger charge is -2.32. The van der Waals surface area contributed by atoms with Gasteiger partial charge in [-0.25, -0.2) is 4.98 Å². The SMILES string of the molecule is OC1CC(c2c(Cl)ccc3scnc23)C1. The van der Waals surface area contributed by atoms with E-state index in [2.05, 4.69) is 4.98 Å². The highest BCUT2D eigenvalue weighted by atomic mass is 35.5. The van der Waals surface area contributed by atoms with Crippen LogP contribution in [-0.2, 0) is 0 Å². The molecule has 0 aliphatic heterocycles. The molecule has 0 amide bonds. The van der Waals surface area contributed by atoms with Crippen LogP contribution in [0.25, 0.3) is 10.2 Å². The summed E-state index contributed by atoms with van der Waals surface area (Å²) in [4.78, 5) is 4.36. The first-order valence-electron chi connectivity index (χ1n) is 4.95. The number of hydrogen-bond donors (Lipinski definition) is 1. The van der Waals surface area contributed by atoms with E-state index in [1.165, 1.54) is 4.70 Å². The molecule has 1 aliphatic carbocycles. The number of nitrogens with zero attached hydrogens (tertiary/aromatic N) is 1. The Labute approximate surface area is 96.5 Å². The van der Waals surface area contributed by atoms with E-state index in [1.807, 2.05) is 17.6 Å². The highest BCUT2D eigenvalue weighted by molar-refractivity contribution is 7.16. The van der Waals surface area contributed by atoms with Crippen LogP contribution in [0.1, 0.15) is 24.3 Å². The van der Waals surface area contributed by atoms with Gasteiger partial charge in [0.05, 0.1) is 21.8 Å². The number of halogens is 1. The maximum absolute atomic E-state index is 9.33. The van der Waals surface area contributed by atoms with Gasteiger partial charge < -0.3 is 5.11 Å². The Hall–Kier alpha value is -0.640. The van der Waals surface area contributed by atoms with Crippen LogP contribution in [0.5, 0.6) is 0 Å². The van der Waals surface area contributed by atoms with Gasteiger partial charge in [0.1, 0.15) is 0 Å². The van der Waals surface area contributed by atoms with Crippen molar-refractivity contribution >= 4 is 33.2 Å². The Kier molecular flexibility index (Phi) is 2.20. The first-order valence-corrected chi connectivity index (χ1v) is 6.21. The van der Waals surface area contributed by atoms with Crippen molar-refractivity contribution in [1.29, 1.82) is 0 Å². The maximum Gasteiger partial charge on any atom is 0.0861 e. The number of benzene rings is 1. The summed E-state index contributed by atoms with van der Waals surface area (Å²) in [5.74, 6) is 0.387. The van der Waals surface area contributed by atoms with Crippen molar-refractivity contribution < 1.29 is 5.11 Å². The summed E-state index contributed by atoms with van der Waals surface area (Å²) in [6.07, 6.45) is 1.48. The molecule has 78 valence electrons. The number of aliphatic hydroxyl groups is 1. The largest absolute Gasteiger partial charge is 0.393 e. The zero-order valence-electron chi connectivity index (χ0n) is 7.98. The standard InChI is InChI=1S/C11H10ClNOS/c12-8-1-2-9-11(13-5-15-9)10(8)6-3-7(14)4-6/h1-2,5-7,14H,3-4H2. The van der Waals surface area contributed by atoms with Gasteiger partial charge in [-0.05, 0) is 30.9 Å². The molecule has 2 aromatic rings. The van der Waals surface area contributed by atoms with Crippen LogP contribution in [0.4, 0.5) is 0 Å². The zero-order valence-corrected chi connectivity index (χ0v) is 9.55. The molecular formula is C11H10ClNOS. The van der Waals surface area contributed by atoms with Gasteiger partial charge >= 0.3 is 0 Å². The van der Waals surface area contributed by atoms with Crippen LogP contribution in [0, 0.1) is 0 Å². The molecule has 0 bridgehead atoms. The van der Waals surface area contributed by atoms with E-state index in [4.69, 9.17) is 11.6 Å². The highest BCUT2D eigenvalue weighted by Gasteiger charge is 2.31. The number of rotatable bonds is 1. The molecule has 1 heterocycles. The molecule has 3 rings (SSSR count). The first-order chi connectivity index (χ1) is 7.25. The molecule has 0 spiro atoms. The van der Waals surface area contributed by atoms with Gasteiger partial charge in [0, 0.05) is 10.6 Å². The summed E-state index contributed by atoms with van der Waals surface area (Å²) in [5, 5.41) is 10.1. The van der Waals surface area contributed by atoms with E-state index in [0.29, 0.717) is 5.92 Å². The molecule has 15 heavy (non-hydrogen) atoms.